The maximum atomic E-state index is 12.3. The first-order valence-corrected chi connectivity index (χ1v) is 12.3. The first kappa shape index (κ1) is 23.4. The van der Waals surface area contributed by atoms with Crippen LogP contribution in [-0.2, 0) is 17.1 Å². The van der Waals surface area contributed by atoms with Crippen LogP contribution in [0.2, 0.25) is 5.02 Å². The number of para-hydroxylation sites is 1. The van der Waals surface area contributed by atoms with Crippen molar-refractivity contribution in [3.8, 4) is 11.4 Å². The van der Waals surface area contributed by atoms with Crippen molar-refractivity contribution in [1.29, 1.82) is 0 Å². The molecule has 3 aromatic carbocycles. The lowest BCUT2D eigenvalue weighted by atomic mass is 10.2. The van der Waals surface area contributed by atoms with Crippen LogP contribution in [0.15, 0.2) is 88.5 Å². The average Bonchev–Trinajstić information content (AvgIpc) is 3.24. The van der Waals surface area contributed by atoms with Gasteiger partial charge in [-0.1, -0.05) is 75.7 Å². The SMILES string of the molecule is O=C(COc1ccccc1)NCc1nnc(SCc2ccc(Br)cc2)n1-c1cccc(Cl)c1. The highest BCUT2D eigenvalue weighted by molar-refractivity contribution is 9.10. The second kappa shape index (κ2) is 11.4. The third-order valence-corrected chi connectivity index (χ3v) is 6.37. The van der Waals surface area contributed by atoms with Crippen molar-refractivity contribution in [1.82, 2.24) is 20.1 Å². The number of rotatable bonds is 9. The Morgan fingerprint density at radius 3 is 2.58 bits per heavy atom. The Balaban J connectivity index is 1.47. The highest BCUT2D eigenvalue weighted by Crippen LogP contribution is 2.27. The van der Waals surface area contributed by atoms with Gasteiger partial charge in [0.2, 0.25) is 0 Å². The lowest BCUT2D eigenvalue weighted by Gasteiger charge is -2.12. The van der Waals surface area contributed by atoms with E-state index in [4.69, 9.17) is 16.3 Å². The van der Waals surface area contributed by atoms with E-state index in [0.29, 0.717) is 21.8 Å². The number of carbonyl (C=O) groups excluding carboxylic acids is 1. The first-order valence-electron chi connectivity index (χ1n) is 10.1. The zero-order valence-corrected chi connectivity index (χ0v) is 20.6. The van der Waals surface area contributed by atoms with Gasteiger partial charge in [0.15, 0.2) is 17.6 Å². The Morgan fingerprint density at radius 1 is 1.03 bits per heavy atom. The Labute approximate surface area is 209 Å². The number of hydrogen-bond acceptors (Lipinski definition) is 5. The standard InChI is InChI=1S/C24H20BrClN4O2S/c25-18-11-9-17(10-12-18)16-33-24-29-28-22(30(24)20-6-4-5-19(26)13-20)14-27-23(31)15-32-21-7-2-1-3-8-21/h1-13H,14-16H2,(H,27,31). The molecular formula is C24H20BrClN4O2S. The molecular weight excluding hydrogens is 524 g/mol. The van der Waals surface area contributed by atoms with Gasteiger partial charge in [0.1, 0.15) is 5.75 Å². The van der Waals surface area contributed by atoms with Crippen molar-refractivity contribution in [3.63, 3.8) is 0 Å². The summed E-state index contributed by atoms with van der Waals surface area (Å²) in [6, 6.07) is 24.8. The molecule has 0 radical (unpaired) electrons. The molecule has 0 bridgehead atoms. The number of aromatic nitrogens is 3. The molecule has 0 saturated heterocycles. The van der Waals surface area contributed by atoms with Gasteiger partial charge in [-0.2, -0.15) is 0 Å². The van der Waals surface area contributed by atoms with E-state index in [1.54, 1.807) is 23.9 Å². The summed E-state index contributed by atoms with van der Waals surface area (Å²) in [7, 11) is 0. The van der Waals surface area contributed by atoms with Gasteiger partial charge in [0, 0.05) is 15.2 Å². The molecule has 1 heterocycles. The maximum Gasteiger partial charge on any atom is 0.258 e. The van der Waals surface area contributed by atoms with Gasteiger partial charge in [-0.3, -0.25) is 9.36 Å². The zero-order chi connectivity index (χ0) is 23.0. The molecule has 1 aromatic heterocycles. The first-order chi connectivity index (χ1) is 16.1. The minimum absolute atomic E-state index is 0.0828. The van der Waals surface area contributed by atoms with Crippen LogP contribution in [0.4, 0.5) is 0 Å². The van der Waals surface area contributed by atoms with Crippen molar-refractivity contribution in [2.24, 2.45) is 0 Å². The summed E-state index contributed by atoms with van der Waals surface area (Å²) in [6.07, 6.45) is 0. The minimum Gasteiger partial charge on any atom is -0.484 e. The van der Waals surface area contributed by atoms with Gasteiger partial charge in [-0.15, -0.1) is 10.2 Å². The van der Waals surface area contributed by atoms with Crippen LogP contribution in [0.1, 0.15) is 11.4 Å². The van der Waals surface area contributed by atoms with E-state index in [9.17, 15) is 4.79 Å². The minimum atomic E-state index is -0.247. The molecule has 1 N–H and O–H groups in total. The molecule has 168 valence electrons. The van der Waals surface area contributed by atoms with Gasteiger partial charge in [0.05, 0.1) is 12.2 Å². The van der Waals surface area contributed by atoms with Crippen LogP contribution in [0.25, 0.3) is 5.69 Å². The number of amides is 1. The van der Waals surface area contributed by atoms with Crippen molar-refractivity contribution in [2.75, 3.05) is 6.61 Å². The number of nitrogens with one attached hydrogen (secondary N) is 1. The fourth-order valence-corrected chi connectivity index (χ4v) is 4.38. The fourth-order valence-electron chi connectivity index (χ4n) is 3.01. The van der Waals surface area contributed by atoms with Crippen LogP contribution in [0, 0.1) is 0 Å². The molecule has 0 atom stereocenters. The maximum absolute atomic E-state index is 12.3. The highest BCUT2D eigenvalue weighted by atomic mass is 79.9. The Morgan fingerprint density at radius 2 is 1.82 bits per heavy atom. The molecule has 9 heteroatoms. The monoisotopic (exact) mass is 542 g/mol. The molecule has 0 saturated carbocycles. The van der Waals surface area contributed by atoms with Gasteiger partial charge < -0.3 is 10.1 Å². The van der Waals surface area contributed by atoms with Crippen LogP contribution < -0.4 is 10.1 Å². The lowest BCUT2D eigenvalue weighted by Crippen LogP contribution is -2.29. The molecule has 33 heavy (non-hydrogen) atoms. The second-order valence-corrected chi connectivity index (χ2v) is 9.30. The summed E-state index contributed by atoms with van der Waals surface area (Å²) < 4.78 is 8.45. The molecule has 1 amide bonds. The van der Waals surface area contributed by atoms with Crippen molar-refractivity contribution < 1.29 is 9.53 Å². The molecule has 6 nitrogen and oxygen atoms in total. The van der Waals surface area contributed by atoms with Crippen molar-refractivity contribution >= 4 is 45.2 Å². The molecule has 0 aliphatic heterocycles. The van der Waals surface area contributed by atoms with E-state index in [1.807, 2.05) is 59.2 Å². The molecule has 0 fully saturated rings. The van der Waals surface area contributed by atoms with E-state index in [2.05, 4.69) is 43.6 Å². The number of ether oxygens (including phenoxy) is 1. The molecule has 0 aliphatic carbocycles. The summed E-state index contributed by atoms with van der Waals surface area (Å²) in [5.74, 6) is 1.72. The fraction of sp³-hybridized carbons (Fsp3) is 0.125. The molecule has 0 unspecified atom stereocenters. The van der Waals surface area contributed by atoms with E-state index < -0.39 is 0 Å². The Hall–Kier alpha value is -2.81. The van der Waals surface area contributed by atoms with E-state index >= 15 is 0 Å². The van der Waals surface area contributed by atoms with Crippen LogP contribution >= 0.6 is 39.3 Å². The summed E-state index contributed by atoms with van der Waals surface area (Å²) in [6.45, 7) is 0.121. The highest BCUT2D eigenvalue weighted by Gasteiger charge is 2.16. The predicted molar refractivity (Wildman–Crippen MR) is 134 cm³/mol. The third kappa shape index (κ3) is 6.60. The largest absolute Gasteiger partial charge is 0.484 e. The van der Waals surface area contributed by atoms with Gasteiger partial charge >= 0.3 is 0 Å². The topological polar surface area (TPSA) is 69.0 Å². The number of hydrogen-bond donors (Lipinski definition) is 1. The summed E-state index contributed by atoms with van der Waals surface area (Å²) in [5.41, 5.74) is 1.99. The Bertz CT molecular complexity index is 1220. The lowest BCUT2D eigenvalue weighted by molar-refractivity contribution is -0.123. The molecule has 4 aromatic rings. The summed E-state index contributed by atoms with van der Waals surface area (Å²) >= 11 is 11.3. The van der Waals surface area contributed by atoms with Crippen LogP contribution in [0.3, 0.4) is 0 Å². The second-order valence-electron chi connectivity index (χ2n) is 7.01. The molecule has 4 rings (SSSR count). The number of halogens is 2. The van der Waals surface area contributed by atoms with Crippen molar-refractivity contribution in [3.05, 3.63) is 99.7 Å². The summed E-state index contributed by atoms with van der Waals surface area (Å²) in [5, 5.41) is 12.9. The van der Waals surface area contributed by atoms with Gasteiger partial charge in [-0.25, -0.2) is 0 Å². The zero-order valence-electron chi connectivity index (χ0n) is 17.4. The number of nitrogens with zero attached hydrogens (tertiary/aromatic N) is 3. The van der Waals surface area contributed by atoms with Crippen LogP contribution in [-0.4, -0.2) is 27.3 Å². The normalized spacial score (nSPS) is 10.7. The molecule has 0 aliphatic rings. The quantitative estimate of drug-likeness (QED) is 0.276. The third-order valence-electron chi connectivity index (χ3n) is 4.60. The molecule has 0 spiro atoms. The van der Waals surface area contributed by atoms with E-state index in [1.165, 1.54) is 0 Å². The van der Waals surface area contributed by atoms with E-state index in [-0.39, 0.29) is 19.1 Å². The van der Waals surface area contributed by atoms with Gasteiger partial charge in [-0.05, 0) is 48.0 Å². The number of thioether (sulfide) groups is 1. The average molecular weight is 544 g/mol. The number of carbonyl (C=O) groups is 1. The van der Waals surface area contributed by atoms with E-state index in [0.717, 1.165) is 21.5 Å². The number of benzene rings is 3. The predicted octanol–water partition coefficient (Wildman–Crippen LogP) is 5.67. The summed E-state index contributed by atoms with van der Waals surface area (Å²) in [4.78, 5) is 12.3. The smallest absolute Gasteiger partial charge is 0.258 e. The van der Waals surface area contributed by atoms with Crippen molar-refractivity contribution in [2.45, 2.75) is 17.5 Å². The van der Waals surface area contributed by atoms with Gasteiger partial charge in [0.25, 0.3) is 5.91 Å². The Kier molecular flexibility index (Phi) is 8.04. The van der Waals surface area contributed by atoms with Crippen LogP contribution in [0.5, 0.6) is 5.75 Å².